The molecule has 0 saturated carbocycles. The van der Waals surface area contributed by atoms with E-state index >= 15 is 0 Å². The number of fused-ring (bicyclic) bond motifs is 1. The second kappa shape index (κ2) is 9.86. The highest BCUT2D eigenvalue weighted by atomic mass is 35.5. The molecule has 1 amide bonds. The van der Waals surface area contributed by atoms with Crippen molar-refractivity contribution >= 4 is 44.6 Å². The molecule has 0 spiro atoms. The Hall–Kier alpha value is -3.02. The molecular weight excluding hydrogens is 430 g/mol. The molecule has 0 unspecified atom stereocenters. The smallest absolute Gasteiger partial charge is 0.267 e. The fourth-order valence-corrected chi connectivity index (χ4v) is 4.72. The zero-order valence-electron chi connectivity index (χ0n) is 17.1. The Morgan fingerprint density at radius 3 is 2.65 bits per heavy atom. The topological polar surface area (TPSA) is 47.6 Å². The first-order valence-electron chi connectivity index (χ1n) is 9.98. The van der Waals surface area contributed by atoms with Crippen LogP contribution in [-0.4, -0.2) is 19.6 Å². The zero-order valence-corrected chi connectivity index (χ0v) is 18.6. The van der Waals surface area contributed by atoms with Gasteiger partial charge >= 0.3 is 0 Å². The Morgan fingerprint density at radius 1 is 1.00 bits per heavy atom. The first-order valence-corrected chi connectivity index (χ1v) is 11.2. The van der Waals surface area contributed by atoms with Crippen LogP contribution >= 0.6 is 22.9 Å². The number of carbonyl (C=O) groups is 1. The van der Waals surface area contributed by atoms with E-state index in [0.29, 0.717) is 22.2 Å². The number of ether oxygens (including phenoxy) is 2. The van der Waals surface area contributed by atoms with Crippen LogP contribution in [0.3, 0.4) is 0 Å². The fourth-order valence-electron chi connectivity index (χ4n) is 3.28. The molecule has 0 aliphatic heterocycles. The van der Waals surface area contributed by atoms with Gasteiger partial charge in [0.05, 0.1) is 18.7 Å². The Bertz CT molecular complexity index is 1190. The lowest BCUT2D eigenvalue weighted by molar-refractivity contribution is 0.103. The zero-order chi connectivity index (χ0) is 21.6. The number of anilines is 1. The summed E-state index contributed by atoms with van der Waals surface area (Å²) in [6.07, 6.45) is 1.88. The fraction of sp³-hybridized carbons (Fsp3) is 0.160. The van der Waals surface area contributed by atoms with E-state index in [1.165, 1.54) is 16.9 Å². The van der Waals surface area contributed by atoms with Gasteiger partial charge in [-0.3, -0.25) is 4.79 Å². The number of aryl methyl sites for hydroxylation is 1. The highest BCUT2D eigenvalue weighted by Gasteiger charge is 2.18. The lowest BCUT2D eigenvalue weighted by Crippen LogP contribution is -2.10. The molecule has 4 nitrogen and oxygen atoms in total. The van der Waals surface area contributed by atoms with Gasteiger partial charge in [-0.05, 0) is 48.7 Å². The minimum atomic E-state index is -0.244. The van der Waals surface area contributed by atoms with Crippen molar-refractivity contribution in [1.29, 1.82) is 0 Å². The van der Waals surface area contributed by atoms with Gasteiger partial charge in [-0.2, -0.15) is 0 Å². The van der Waals surface area contributed by atoms with Crippen molar-refractivity contribution in [1.82, 2.24) is 0 Å². The minimum absolute atomic E-state index is 0.244. The van der Waals surface area contributed by atoms with Crippen LogP contribution < -0.4 is 14.8 Å². The van der Waals surface area contributed by atoms with E-state index < -0.39 is 0 Å². The third-order valence-electron chi connectivity index (χ3n) is 4.86. The molecule has 1 heterocycles. The molecule has 158 valence electrons. The number of halogens is 1. The molecule has 6 heteroatoms. The summed E-state index contributed by atoms with van der Waals surface area (Å²) in [5, 5.41) is 4.21. The normalized spacial score (nSPS) is 10.8. The molecule has 31 heavy (non-hydrogen) atoms. The molecule has 3 aromatic carbocycles. The molecule has 4 aromatic rings. The van der Waals surface area contributed by atoms with Crippen LogP contribution in [0, 0.1) is 0 Å². The van der Waals surface area contributed by atoms with Crippen molar-refractivity contribution in [2.75, 3.05) is 19.0 Å². The number of thiophene rings is 1. The van der Waals surface area contributed by atoms with Crippen LogP contribution in [0.2, 0.25) is 5.02 Å². The Balaban J connectivity index is 1.38. The molecule has 0 fully saturated rings. The molecule has 0 aliphatic carbocycles. The van der Waals surface area contributed by atoms with Gasteiger partial charge in [-0.15, -0.1) is 11.3 Å². The largest absolute Gasteiger partial charge is 0.497 e. The molecule has 0 bridgehead atoms. The summed E-state index contributed by atoms with van der Waals surface area (Å²) in [7, 11) is 1.61. The summed E-state index contributed by atoms with van der Waals surface area (Å²) >= 11 is 7.81. The van der Waals surface area contributed by atoms with Gasteiger partial charge in [0.15, 0.2) is 0 Å². The van der Waals surface area contributed by atoms with Crippen molar-refractivity contribution in [3.8, 4) is 11.5 Å². The summed E-state index contributed by atoms with van der Waals surface area (Å²) in [5.41, 5.74) is 1.96. The van der Waals surface area contributed by atoms with E-state index in [-0.39, 0.29) is 5.91 Å². The summed E-state index contributed by atoms with van der Waals surface area (Å²) in [5.74, 6) is 1.21. The molecule has 1 N–H and O–H groups in total. The first-order chi connectivity index (χ1) is 15.1. The summed E-state index contributed by atoms with van der Waals surface area (Å²) in [6, 6.07) is 23.3. The third-order valence-corrected chi connectivity index (χ3v) is 6.51. The van der Waals surface area contributed by atoms with Gasteiger partial charge in [0.1, 0.15) is 16.4 Å². The van der Waals surface area contributed by atoms with Gasteiger partial charge in [-0.25, -0.2) is 0 Å². The molecular formula is C25H22ClNO3S. The molecule has 1 aromatic heterocycles. The van der Waals surface area contributed by atoms with Gasteiger partial charge in [0.2, 0.25) is 0 Å². The maximum absolute atomic E-state index is 12.8. The maximum Gasteiger partial charge on any atom is 0.267 e. The number of carbonyl (C=O) groups excluding carboxylic acids is 1. The van der Waals surface area contributed by atoms with Gasteiger partial charge in [-0.1, -0.05) is 48.0 Å². The van der Waals surface area contributed by atoms with E-state index in [0.717, 1.165) is 34.4 Å². The predicted molar refractivity (Wildman–Crippen MR) is 128 cm³/mol. The quantitative estimate of drug-likeness (QED) is 0.299. The molecule has 0 radical (unpaired) electrons. The molecule has 0 atom stereocenters. The number of hydrogen-bond acceptors (Lipinski definition) is 4. The Labute approximate surface area is 190 Å². The number of nitrogens with one attached hydrogen (secondary N) is 1. The van der Waals surface area contributed by atoms with Crippen LogP contribution in [-0.2, 0) is 6.42 Å². The van der Waals surface area contributed by atoms with E-state index in [1.807, 2.05) is 60.7 Å². The van der Waals surface area contributed by atoms with Crippen LogP contribution in [0.1, 0.15) is 21.7 Å². The third kappa shape index (κ3) is 5.19. The van der Waals surface area contributed by atoms with E-state index in [2.05, 4.69) is 17.4 Å². The lowest BCUT2D eigenvalue weighted by Gasteiger charge is -2.09. The van der Waals surface area contributed by atoms with Crippen LogP contribution in [0.4, 0.5) is 5.69 Å². The predicted octanol–water partition coefficient (Wildman–Crippen LogP) is 6.83. The van der Waals surface area contributed by atoms with Crippen LogP contribution in [0.5, 0.6) is 11.5 Å². The highest BCUT2D eigenvalue weighted by molar-refractivity contribution is 7.21. The van der Waals surface area contributed by atoms with Crippen molar-refractivity contribution < 1.29 is 14.3 Å². The SMILES string of the molecule is COc1ccc2c(Cl)c(C(=O)Nc3cccc(OCCCc4ccccc4)c3)sc2c1. The number of methoxy groups -OCH3 is 1. The monoisotopic (exact) mass is 451 g/mol. The Morgan fingerprint density at radius 2 is 1.84 bits per heavy atom. The standard InChI is InChI=1S/C25H22ClNO3S/c1-29-19-12-13-21-22(16-19)31-24(23(21)26)25(28)27-18-10-5-11-20(15-18)30-14-6-9-17-7-3-2-4-8-17/h2-5,7-8,10-13,15-16H,6,9,14H2,1H3,(H,27,28). The lowest BCUT2D eigenvalue weighted by atomic mass is 10.1. The number of amides is 1. The Kier molecular flexibility index (Phi) is 6.75. The van der Waals surface area contributed by atoms with Crippen molar-refractivity contribution in [2.24, 2.45) is 0 Å². The average molecular weight is 452 g/mol. The maximum atomic E-state index is 12.8. The molecule has 4 rings (SSSR count). The van der Waals surface area contributed by atoms with Gasteiger partial charge in [0, 0.05) is 21.8 Å². The van der Waals surface area contributed by atoms with Crippen LogP contribution in [0.15, 0.2) is 72.8 Å². The number of benzene rings is 3. The minimum Gasteiger partial charge on any atom is -0.497 e. The van der Waals surface area contributed by atoms with Crippen LogP contribution in [0.25, 0.3) is 10.1 Å². The second-order valence-electron chi connectivity index (χ2n) is 7.03. The highest BCUT2D eigenvalue weighted by Crippen LogP contribution is 2.37. The van der Waals surface area contributed by atoms with E-state index in [1.54, 1.807) is 7.11 Å². The summed E-state index contributed by atoms with van der Waals surface area (Å²) in [4.78, 5) is 13.3. The number of hydrogen-bond donors (Lipinski definition) is 1. The van der Waals surface area contributed by atoms with Crippen molar-refractivity contribution in [3.63, 3.8) is 0 Å². The van der Waals surface area contributed by atoms with Crippen molar-refractivity contribution in [2.45, 2.75) is 12.8 Å². The van der Waals surface area contributed by atoms with Gasteiger partial charge < -0.3 is 14.8 Å². The first kappa shape index (κ1) is 21.2. The van der Waals surface area contributed by atoms with E-state index in [9.17, 15) is 4.79 Å². The van der Waals surface area contributed by atoms with Crippen molar-refractivity contribution in [3.05, 3.63) is 88.3 Å². The molecule has 0 aliphatic rings. The second-order valence-corrected chi connectivity index (χ2v) is 8.46. The molecule has 0 saturated heterocycles. The van der Waals surface area contributed by atoms with E-state index in [4.69, 9.17) is 21.1 Å². The summed E-state index contributed by atoms with van der Waals surface area (Å²) < 4.78 is 12.0. The number of rotatable bonds is 8. The average Bonchev–Trinajstić information content (AvgIpc) is 3.13. The van der Waals surface area contributed by atoms with Gasteiger partial charge in [0.25, 0.3) is 5.91 Å². The summed E-state index contributed by atoms with van der Waals surface area (Å²) in [6.45, 7) is 0.607.